The largest absolute Gasteiger partial charge is 0.394 e. The van der Waals surface area contributed by atoms with Gasteiger partial charge in [-0.15, -0.1) is 0 Å². The maximum atomic E-state index is 11.2. The predicted octanol–water partition coefficient (Wildman–Crippen LogP) is -5.25. The summed E-state index contributed by atoms with van der Waals surface area (Å²) < 4.78 is 15.7. The second-order valence-corrected chi connectivity index (χ2v) is 6.26. The van der Waals surface area contributed by atoms with Crippen molar-refractivity contribution in [3.05, 3.63) is 0 Å². The molecule has 2 saturated heterocycles. The molecule has 0 aliphatic carbocycles. The number of nitrogens with one attached hydrogen (secondary N) is 1. The molecule has 0 saturated carbocycles. The van der Waals surface area contributed by atoms with Crippen molar-refractivity contribution in [3.8, 4) is 0 Å². The third-order valence-electron chi connectivity index (χ3n) is 4.38. The first kappa shape index (κ1) is 21.4. The summed E-state index contributed by atoms with van der Waals surface area (Å²) in [5.74, 6) is -0.564. The number of ether oxygens (including phenoxy) is 3. The third kappa shape index (κ3) is 4.31. The van der Waals surface area contributed by atoms with Crippen LogP contribution in [0.25, 0.3) is 0 Å². The number of aliphatic hydroxyl groups excluding tert-OH is 7. The first-order valence-corrected chi connectivity index (χ1v) is 8.06. The molecule has 8 N–H and O–H groups in total. The number of aliphatic hydroxyl groups is 7. The van der Waals surface area contributed by atoms with Gasteiger partial charge in [-0.3, -0.25) is 4.79 Å². The standard InChI is InChI=1S/C14H25NO11/c1-4(18)15-7-9(20)12(6(3-17)24-13(7)23)26-14-11(22)10(21)8(19)5(2-16)25-14/h5-14,16-17,19-23H,2-3H2,1H3,(H,15,18)/t5-,6-,7-,8-,9-,10+,11+,12-,13+,14-/m1/s1. The van der Waals surface area contributed by atoms with Gasteiger partial charge in [0.2, 0.25) is 5.91 Å². The lowest BCUT2D eigenvalue weighted by molar-refractivity contribution is -0.345. The molecular weight excluding hydrogens is 358 g/mol. The highest BCUT2D eigenvalue weighted by molar-refractivity contribution is 5.73. The zero-order chi connectivity index (χ0) is 19.6. The van der Waals surface area contributed by atoms with Crippen LogP contribution in [-0.2, 0) is 19.0 Å². The second-order valence-electron chi connectivity index (χ2n) is 6.26. The summed E-state index contributed by atoms with van der Waals surface area (Å²) in [7, 11) is 0. The van der Waals surface area contributed by atoms with E-state index in [2.05, 4.69) is 5.32 Å². The van der Waals surface area contributed by atoms with Crippen LogP contribution in [0.2, 0.25) is 0 Å². The van der Waals surface area contributed by atoms with Crippen LogP contribution in [0.4, 0.5) is 0 Å². The van der Waals surface area contributed by atoms with Crippen LogP contribution in [0.5, 0.6) is 0 Å². The minimum atomic E-state index is -1.73. The molecule has 2 aliphatic rings. The van der Waals surface area contributed by atoms with Crippen LogP contribution in [-0.4, -0.2) is 116 Å². The Hall–Kier alpha value is -0.930. The maximum absolute atomic E-state index is 11.2. The fourth-order valence-electron chi connectivity index (χ4n) is 2.98. The fraction of sp³-hybridized carbons (Fsp3) is 0.929. The zero-order valence-electron chi connectivity index (χ0n) is 14.0. The van der Waals surface area contributed by atoms with Gasteiger partial charge in [-0.05, 0) is 0 Å². The van der Waals surface area contributed by atoms with E-state index < -0.39 is 80.5 Å². The van der Waals surface area contributed by atoms with Crippen LogP contribution < -0.4 is 5.32 Å². The minimum absolute atomic E-state index is 0.564. The predicted molar refractivity (Wildman–Crippen MR) is 80.2 cm³/mol. The molecule has 0 aromatic rings. The lowest BCUT2D eigenvalue weighted by atomic mass is 9.95. The number of hydrogen-bond acceptors (Lipinski definition) is 11. The average Bonchev–Trinajstić information content (AvgIpc) is 2.60. The van der Waals surface area contributed by atoms with Crippen LogP contribution in [0.1, 0.15) is 6.92 Å². The van der Waals surface area contributed by atoms with Gasteiger partial charge in [0.15, 0.2) is 12.6 Å². The van der Waals surface area contributed by atoms with E-state index in [1.54, 1.807) is 0 Å². The van der Waals surface area contributed by atoms with E-state index in [1.165, 1.54) is 0 Å². The van der Waals surface area contributed by atoms with Crippen molar-refractivity contribution < 1.29 is 54.8 Å². The summed E-state index contributed by atoms with van der Waals surface area (Å²) in [6, 6.07) is -1.29. The molecular formula is C14H25NO11. The van der Waals surface area contributed by atoms with Crippen LogP contribution >= 0.6 is 0 Å². The molecule has 12 heteroatoms. The topological polar surface area (TPSA) is 198 Å². The van der Waals surface area contributed by atoms with E-state index in [1.807, 2.05) is 0 Å². The highest BCUT2D eigenvalue weighted by Gasteiger charge is 2.50. The Morgan fingerprint density at radius 2 is 1.54 bits per heavy atom. The molecule has 2 fully saturated rings. The molecule has 10 atom stereocenters. The quantitative estimate of drug-likeness (QED) is 0.226. The van der Waals surface area contributed by atoms with Crippen molar-refractivity contribution in [2.45, 2.75) is 68.3 Å². The van der Waals surface area contributed by atoms with Gasteiger partial charge in [-0.1, -0.05) is 0 Å². The number of carbonyl (C=O) groups excluding carboxylic acids is 1. The van der Waals surface area contributed by atoms with E-state index in [0.29, 0.717) is 0 Å². The van der Waals surface area contributed by atoms with E-state index >= 15 is 0 Å². The highest BCUT2D eigenvalue weighted by atomic mass is 16.7. The molecule has 152 valence electrons. The summed E-state index contributed by atoms with van der Waals surface area (Å²) in [6.07, 6.45) is -13.6. The van der Waals surface area contributed by atoms with Crippen molar-refractivity contribution in [1.29, 1.82) is 0 Å². The van der Waals surface area contributed by atoms with Gasteiger partial charge < -0.3 is 55.3 Å². The maximum Gasteiger partial charge on any atom is 0.217 e. The number of carbonyl (C=O) groups is 1. The van der Waals surface area contributed by atoms with E-state index in [4.69, 9.17) is 14.2 Å². The Bertz CT molecular complexity index is 478. The van der Waals surface area contributed by atoms with Gasteiger partial charge in [0, 0.05) is 6.92 Å². The minimum Gasteiger partial charge on any atom is -0.394 e. The molecule has 2 aliphatic heterocycles. The SMILES string of the molecule is CC(=O)N[C@@H]1[C@@H](O)[C@H](O[C@H]2O[C@H](CO)[C@@H](O)[C@H](O)[C@@H]2O)[C@@H](CO)O[C@@H]1O. The lowest BCUT2D eigenvalue weighted by Crippen LogP contribution is -2.67. The summed E-state index contributed by atoms with van der Waals surface area (Å²) in [4.78, 5) is 11.2. The molecule has 0 unspecified atom stereocenters. The number of rotatable bonds is 5. The lowest BCUT2D eigenvalue weighted by Gasteiger charge is -2.46. The smallest absolute Gasteiger partial charge is 0.217 e. The normalized spacial score (nSPS) is 46.8. The molecule has 2 heterocycles. The Kier molecular flexibility index (Phi) is 7.27. The van der Waals surface area contributed by atoms with Gasteiger partial charge in [-0.25, -0.2) is 0 Å². The summed E-state index contributed by atoms with van der Waals surface area (Å²) >= 11 is 0. The van der Waals surface area contributed by atoms with Gasteiger partial charge in [0.25, 0.3) is 0 Å². The van der Waals surface area contributed by atoms with Gasteiger partial charge in [0.1, 0.15) is 48.8 Å². The summed E-state index contributed by atoms with van der Waals surface area (Å²) in [6.45, 7) is -0.195. The van der Waals surface area contributed by atoms with Gasteiger partial charge >= 0.3 is 0 Å². The summed E-state index contributed by atoms with van der Waals surface area (Å²) in [5, 5.41) is 70.7. The van der Waals surface area contributed by atoms with Gasteiger partial charge in [0.05, 0.1) is 13.2 Å². The van der Waals surface area contributed by atoms with Crippen molar-refractivity contribution in [3.63, 3.8) is 0 Å². The van der Waals surface area contributed by atoms with Crippen molar-refractivity contribution >= 4 is 5.91 Å². The van der Waals surface area contributed by atoms with Crippen molar-refractivity contribution in [1.82, 2.24) is 5.32 Å². The second kappa shape index (κ2) is 8.84. The first-order valence-electron chi connectivity index (χ1n) is 8.06. The number of hydrogen-bond donors (Lipinski definition) is 8. The van der Waals surface area contributed by atoms with Crippen LogP contribution in [0, 0.1) is 0 Å². The molecule has 2 rings (SSSR count). The molecule has 0 bridgehead atoms. The molecule has 12 nitrogen and oxygen atoms in total. The summed E-state index contributed by atoms with van der Waals surface area (Å²) in [5.41, 5.74) is 0. The number of amides is 1. The third-order valence-corrected chi connectivity index (χ3v) is 4.38. The van der Waals surface area contributed by atoms with Gasteiger partial charge in [-0.2, -0.15) is 0 Å². The van der Waals surface area contributed by atoms with E-state index in [9.17, 15) is 40.5 Å². The Morgan fingerprint density at radius 3 is 2.08 bits per heavy atom. The fourth-order valence-corrected chi connectivity index (χ4v) is 2.98. The molecule has 1 amide bonds. The van der Waals surface area contributed by atoms with E-state index in [-0.39, 0.29) is 0 Å². The van der Waals surface area contributed by atoms with Crippen LogP contribution in [0.15, 0.2) is 0 Å². The molecule has 0 spiro atoms. The Labute approximate surface area is 148 Å². The molecule has 0 aromatic carbocycles. The van der Waals surface area contributed by atoms with E-state index in [0.717, 1.165) is 6.92 Å². The monoisotopic (exact) mass is 383 g/mol. The molecule has 26 heavy (non-hydrogen) atoms. The van der Waals surface area contributed by atoms with Crippen molar-refractivity contribution in [2.75, 3.05) is 13.2 Å². The first-order chi connectivity index (χ1) is 12.2. The van der Waals surface area contributed by atoms with Crippen LogP contribution in [0.3, 0.4) is 0 Å². The molecule has 0 radical (unpaired) electrons. The average molecular weight is 383 g/mol. The Morgan fingerprint density at radius 1 is 0.923 bits per heavy atom. The highest BCUT2D eigenvalue weighted by Crippen LogP contribution is 2.28. The van der Waals surface area contributed by atoms with Crippen molar-refractivity contribution in [2.24, 2.45) is 0 Å². The zero-order valence-corrected chi connectivity index (χ0v) is 14.0. The molecule has 0 aromatic heterocycles. The Balaban J connectivity index is 2.16.